The van der Waals surface area contributed by atoms with E-state index in [1.54, 1.807) is 12.1 Å². The minimum atomic E-state index is -0.358. The second kappa shape index (κ2) is 8.36. The number of amides is 1. The summed E-state index contributed by atoms with van der Waals surface area (Å²) in [6, 6.07) is 18.4. The SMILES string of the molecule is Cc1ccc(OCC(=O)N/N=C/c2ccc(-c3cccc(Cl)c3)o2)cc1. The van der Waals surface area contributed by atoms with Gasteiger partial charge >= 0.3 is 0 Å². The molecule has 26 heavy (non-hydrogen) atoms. The van der Waals surface area contributed by atoms with Crippen LogP contribution in [0.4, 0.5) is 0 Å². The van der Waals surface area contributed by atoms with Gasteiger partial charge in [-0.2, -0.15) is 5.10 Å². The predicted octanol–water partition coefficient (Wildman–Crippen LogP) is 4.44. The first-order chi connectivity index (χ1) is 12.6. The Kier molecular flexibility index (Phi) is 5.71. The number of hydrogen-bond acceptors (Lipinski definition) is 4. The van der Waals surface area contributed by atoms with Gasteiger partial charge in [0, 0.05) is 10.6 Å². The molecule has 3 aromatic rings. The van der Waals surface area contributed by atoms with Gasteiger partial charge in [0.25, 0.3) is 5.91 Å². The van der Waals surface area contributed by atoms with E-state index in [-0.39, 0.29) is 12.5 Å². The summed E-state index contributed by atoms with van der Waals surface area (Å²) in [6.45, 7) is 1.87. The maximum atomic E-state index is 11.7. The summed E-state index contributed by atoms with van der Waals surface area (Å²) in [5, 5.41) is 4.50. The molecule has 1 aromatic heterocycles. The number of hydrazone groups is 1. The first kappa shape index (κ1) is 17.8. The summed E-state index contributed by atoms with van der Waals surface area (Å²) in [7, 11) is 0. The molecule has 0 bridgehead atoms. The smallest absolute Gasteiger partial charge is 0.277 e. The Bertz CT molecular complexity index is 917. The number of hydrogen-bond donors (Lipinski definition) is 1. The van der Waals surface area contributed by atoms with Crippen LogP contribution in [0.1, 0.15) is 11.3 Å². The lowest BCUT2D eigenvalue weighted by atomic mass is 10.2. The number of ether oxygens (including phenoxy) is 1. The molecule has 3 rings (SSSR count). The minimum Gasteiger partial charge on any atom is -0.484 e. The summed E-state index contributed by atoms with van der Waals surface area (Å²) in [4.78, 5) is 11.7. The van der Waals surface area contributed by atoms with Crippen LogP contribution in [0.2, 0.25) is 5.02 Å². The number of carbonyl (C=O) groups excluding carboxylic acids is 1. The average molecular weight is 369 g/mol. The molecule has 0 spiro atoms. The van der Waals surface area contributed by atoms with Crippen LogP contribution in [0, 0.1) is 6.92 Å². The standard InChI is InChI=1S/C20H17ClN2O3/c1-14-5-7-17(8-6-14)25-13-20(24)23-22-12-18-9-10-19(26-18)15-3-2-4-16(21)11-15/h2-12H,13H2,1H3,(H,23,24)/b22-12+. The van der Waals surface area contributed by atoms with Gasteiger partial charge in [-0.05, 0) is 43.3 Å². The lowest BCUT2D eigenvalue weighted by Gasteiger charge is -2.04. The van der Waals surface area contributed by atoms with E-state index in [9.17, 15) is 4.79 Å². The zero-order chi connectivity index (χ0) is 18.4. The van der Waals surface area contributed by atoms with Gasteiger partial charge in [-0.15, -0.1) is 0 Å². The number of furan rings is 1. The molecule has 1 heterocycles. The van der Waals surface area contributed by atoms with Gasteiger partial charge in [-0.1, -0.05) is 41.4 Å². The van der Waals surface area contributed by atoms with Crippen molar-refractivity contribution in [1.29, 1.82) is 0 Å². The molecule has 1 amide bonds. The third-order valence-corrected chi connectivity index (χ3v) is 3.74. The maximum Gasteiger partial charge on any atom is 0.277 e. The van der Waals surface area contributed by atoms with Crippen molar-refractivity contribution in [3.05, 3.63) is 77.0 Å². The molecule has 5 nitrogen and oxygen atoms in total. The van der Waals surface area contributed by atoms with Crippen LogP contribution in [0.3, 0.4) is 0 Å². The normalized spacial score (nSPS) is 10.8. The van der Waals surface area contributed by atoms with Crippen molar-refractivity contribution in [3.8, 4) is 17.1 Å². The quantitative estimate of drug-likeness (QED) is 0.517. The molecule has 0 fully saturated rings. The topological polar surface area (TPSA) is 63.8 Å². The maximum absolute atomic E-state index is 11.7. The van der Waals surface area contributed by atoms with Crippen molar-refractivity contribution >= 4 is 23.7 Å². The van der Waals surface area contributed by atoms with Crippen molar-refractivity contribution in [1.82, 2.24) is 5.43 Å². The van der Waals surface area contributed by atoms with Gasteiger partial charge in [0.1, 0.15) is 17.3 Å². The molecule has 0 saturated carbocycles. The van der Waals surface area contributed by atoms with Gasteiger partial charge in [0.05, 0.1) is 6.21 Å². The largest absolute Gasteiger partial charge is 0.484 e. The summed E-state index contributed by atoms with van der Waals surface area (Å²) < 4.78 is 11.0. The molecule has 1 N–H and O–H groups in total. The number of nitrogens with zero attached hydrogens (tertiary/aromatic N) is 1. The molecule has 0 aliphatic carbocycles. The molecule has 2 aromatic carbocycles. The fraction of sp³-hybridized carbons (Fsp3) is 0.100. The van der Waals surface area contributed by atoms with E-state index in [0.29, 0.717) is 22.3 Å². The lowest BCUT2D eigenvalue weighted by Crippen LogP contribution is -2.24. The van der Waals surface area contributed by atoms with E-state index >= 15 is 0 Å². The van der Waals surface area contributed by atoms with Crippen LogP contribution >= 0.6 is 11.6 Å². The summed E-state index contributed by atoms with van der Waals surface area (Å²) >= 11 is 5.97. The summed E-state index contributed by atoms with van der Waals surface area (Å²) in [5.41, 5.74) is 4.39. The highest BCUT2D eigenvalue weighted by atomic mass is 35.5. The Morgan fingerprint density at radius 1 is 1.19 bits per heavy atom. The molecule has 0 radical (unpaired) electrons. The number of halogens is 1. The van der Waals surface area contributed by atoms with Gasteiger partial charge in [-0.3, -0.25) is 4.79 Å². The highest BCUT2D eigenvalue weighted by Crippen LogP contribution is 2.24. The van der Waals surface area contributed by atoms with Crippen LogP contribution < -0.4 is 10.2 Å². The van der Waals surface area contributed by atoms with Crippen molar-refractivity contribution in [3.63, 3.8) is 0 Å². The van der Waals surface area contributed by atoms with Crippen LogP contribution in [0.25, 0.3) is 11.3 Å². The first-order valence-corrected chi connectivity index (χ1v) is 8.35. The zero-order valence-corrected chi connectivity index (χ0v) is 14.9. The Balaban J connectivity index is 1.50. The molecule has 6 heteroatoms. The molecular weight excluding hydrogens is 352 g/mol. The van der Waals surface area contributed by atoms with Crippen molar-refractivity contribution in [2.45, 2.75) is 6.92 Å². The van der Waals surface area contributed by atoms with E-state index in [1.807, 2.05) is 55.5 Å². The van der Waals surface area contributed by atoms with Crippen LogP contribution in [-0.2, 0) is 4.79 Å². The number of carbonyl (C=O) groups is 1. The van der Waals surface area contributed by atoms with Crippen molar-refractivity contribution in [2.24, 2.45) is 5.10 Å². The third-order valence-electron chi connectivity index (χ3n) is 3.51. The van der Waals surface area contributed by atoms with Gasteiger partial charge < -0.3 is 9.15 Å². The molecule has 0 aliphatic rings. The first-order valence-electron chi connectivity index (χ1n) is 7.97. The number of rotatable bonds is 6. The number of nitrogens with one attached hydrogen (secondary N) is 1. The van der Waals surface area contributed by atoms with E-state index in [4.69, 9.17) is 20.8 Å². The van der Waals surface area contributed by atoms with Crippen molar-refractivity contribution < 1.29 is 13.9 Å². The minimum absolute atomic E-state index is 0.119. The Morgan fingerprint density at radius 3 is 2.77 bits per heavy atom. The second-order valence-corrected chi connectivity index (χ2v) is 6.04. The van der Waals surface area contributed by atoms with Crippen LogP contribution in [0.15, 0.2) is 70.2 Å². The highest BCUT2D eigenvalue weighted by molar-refractivity contribution is 6.30. The Morgan fingerprint density at radius 2 is 2.00 bits per heavy atom. The highest BCUT2D eigenvalue weighted by Gasteiger charge is 2.05. The zero-order valence-electron chi connectivity index (χ0n) is 14.1. The Hall–Kier alpha value is -3.05. The van der Waals surface area contributed by atoms with E-state index in [0.717, 1.165) is 11.1 Å². The molecule has 0 aliphatic heterocycles. The predicted molar refractivity (Wildman–Crippen MR) is 102 cm³/mol. The van der Waals surface area contributed by atoms with E-state index in [1.165, 1.54) is 6.21 Å². The van der Waals surface area contributed by atoms with Gasteiger partial charge in [0.2, 0.25) is 0 Å². The van der Waals surface area contributed by atoms with Crippen LogP contribution in [0.5, 0.6) is 5.75 Å². The van der Waals surface area contributed by atoms with Crippen LogP contribution in [-0.4, -0.2) is 18.7 Å². The monoisotopic (exact) mass is 368 g/mol. The fourth-order valence-corrected chi connectivity index (χ4v) is 2.39. The van der Waals surface area contributed by atoms with Crippen molar-refractivity contribution in [2.75, 3.05) is 6.61 Å². The number of benzene rings is 2. The summed E-state index contributed by atoms with van der Waals surface area (Å²) in [5.74, 6) is 1.46. The molecule has 0 unspecified atom stereocenters. The fourth-order valence-electron chi connectivity index (χ4n) is 2.20. The van der Waals surface area contributed by atoms with Gasteiger partial charge in [0.15, 0.2) is 6.61 Å². The summed E-state index contributed by atoms with van der Waals surface area (Å²) in [6.07, 6.45) is 1.43. The van der Waals surface area contributed by atoms with Gasteiger partial charge in [-0.25, -0.2) is 5.43 Å². The lowest BCUT2D eigenvalue weighted by molar-refractivity contribution is -0.123. The average Bonchev–Trinajstić information content (AvgIpc) is 3.10. The van der Waals surface area contributed by atoms with E-state index < -0.39 is 0 Å². The van der Waals surface area contributed by atoms with E-state index in [2.05, 4.69) is 10.5 Å². The Labute approximate surface area is 156 Å². The molecular formula is C20H17ClN2O3. The number of aryl methyl sites for hydroxylation is 1. The molecule has 132 valence electrons. The molecule has 0 atom stereocenters. The third kappa shape index (κ3) is 4.97. The molecule has 0 saturated heterocycles. The second-order valence-electron chi connectivity index (χ2n) is 5.61.